The smallest absolute Gasteiger partial charge is 0.340 e. The maximum atomic E-state index is 13.8. The average molecular weight is 636 g/mol. The summed E-state index contributed by atoms with van der Waals surface area (Å²) >= 11 is 0. The molecule has 12 nitrogen and oxygen atoms in total. The fourth-order valence-electron chi connectivity index (χ4n) is 7.90. The van der Waals surface area contributed by atoms with Gasteiger partial charge in [-0.1, -0.05) is 0 Å². The summed E-state index contributed by atoms with van der Waals surface area (Å²) in [4.78, 5) is 45.4. The number of fused-ring (bicyclic) bond motifs is 6. The van der Waals surface area contributed by atoms with E-state index in [1.54, 1.807) is 7.11 Å². The summed E-state index contributed by atoms with van der Waals surface area (Å²) in [5, 5.41) is 3.88. The van der Waals surface area contributed by atoms with E-state index in [0.717, 1.165) is 37.2 Å². The number of amides is 1. The number of H-pyrrole nitrogens is 1. The molecule has 3 aliphatic rings. The van der Waals surface area contributed by atoms with Crippen molar-refractivity contribution in [2.24, 2.45) is 17.8 Å². The van der Waals surface area contributed by atoms with E-state index in [9.17, 15) is 14.4 Å². The molecule has 0 spiro atoms. The first-order valence-electron chi connectivity index (χ1n) is 15.5. The Morgan fingerprint density at radius 2 is 1.72 bits per heavy atom. The average Bonchev–Trinajstić information content (AvgIpc) is 3.44. The van der Waals surface area contributed by atoms with Crippen LogP contribution in [0.4, 0.5) is 5.69 Å². The highest BCUT2D eigenvalue weighted by molar-refractivity contribution is 6.01. The maximum Gasteiger partial charge on any atom is 0.340 e. The number of esters is 2. The fourth-order valence-corrected chi connectivity index (χ4v) is 7.90. The summed E-state index contributed by atoms with van der Waals surface area (Å²) in [6.07, 6.45) is 0.664. The third kappa shape index (κ3) is 5.53. The van der Waals surface area contributed by atoms with Gasteiger partial charge >= 0.3 is 11.9 Å². The molecule has 0 bridgehead atoms. The lowest BCUT2D eigenvalue weighted by Gasteiger charge is -2.52. The zero-order valence-electron chi connectivity index (χ0n) is 27.0. The molecule has 3 heterocycles. The van der Waals surface area contributed by atoms with Crippen LogP contribution in [0.2, 0.25) is 0 Å². The zero-order valence-corrected chi connectivity index (χ0v) is 27.0. The van der Waals surface area contributed by atoms with Gasteiger partial charge in [0.1, 0.15) is 18.0 Å². The number of hydrogen-bond acceptors (Lipinski definition) is 10. The Balaban J connectivity index is 1.31. The van der Waals surface area contributed by atoms with Crippen molar-refractivity contribution in [3.8, 4) is 17.2 Å². The lowest BCUT2D eigenvalue weighted by atomic mass is 9.63. The van der Waals surface area contributed by atoms with E-state index in [2.05, 4.69) is 21.3 Å². The van der Waals surface area contributed by atoms with Gasteiger partial charge in [-0.05, 0) is 48.8 Å². The second-order valence-corrected chi connectivity index (χ2v) is 12.2. The highest BCUT2D eigenvalue weighted by Crippen LogP contribution is 2.51. The fraction of sp³-hybridized carbons (Fsp3) is 0.500. The van der Waals surface area contributed by atoms with Crippen LogP contribution in [-0.2, 0) is 30.2 Å². The van der Waals surface area contributed by atoms with Gasteiger partial charge in [-0.2, -0.15) is 0 Å². The second-order valence-electron chi connectivity index (χ2n) is 12.2. The molecule has 2 N–H and O–H groups in total. The standard InChI is InChI=1S/C34H41N3O9/c1-17(38)35-25-15-28(43-4)27(42-3)14-23(25)33(39)46-29-11-18-16-37-10-9-21-20-8-7-19(41-2)12-24(20)36-31(21)26(37)13-22(18)30(32(29)44-5)34(40)45-6/h7-8,12,14-15,18,22,26,29-30,32,36H,9-11,13,16H2,1-6H3,(H,35,38)/t18-,22+,26-,29-,30+,32+/m1/s1. The summed E-state index contributed by atoms with van der Waals surface area (Å²) in [7, 11) is 7.49. The number of nitrogens with one attached hydrogen (secondary N) is 2. The van der Waals surface area contributed by atoms with E-state index in [-0.39, 0.29) is 35.0 Å². The predicted octanol–water partition coefficient (Wildman–Crippen LogP) is 4.12. The van der Waals surface area contributed by atoms with Gasteiger partial charge in [-0.15, -0.1) is 0 Å². The van der Waals surface area contributed by atoms with Crippen molar-refractivity contribution in [1.82, 2.24) is 9.88 Å². The normalized spacial score (nSPS) is 25.4. The number of aromatic amines is 1. The summed E-state index contributed by atoms with van der Waals surface area (Å²) in [5.41, 5.74) is 3.85. The molecule has 0 unspecified atom stereocenters. The zero-order chi connectivity index (χ0) is 32.7. The van der Waals surface area contributed by atoms with Crippen molar-refractivity contribution in [3.05, 3.63) is 47.2 Å². The predicted molar refractivity (Wildman–Crippen MR) is 168 cm³/mol. The molecule has 12 heteroatoms. The number of rotatable bonds is 8. The van der Waals surface area contributed by atoms with E-state index in [0.29, 0.717) is 17.9 Å². The van der Waals surface area contributed by atoms with Crippen LogP contribution in [-0.4, -0.2) is 88.6 Å². The summed E-state index contributed by atoms with van der Waals surface area (Å²) in [6, 6.07) is 9.21. The highest BCUT2D eigenvalue weighted by atomic mass is 16.6. The van der Waals surface area contributed by atoms with Crippen molar-refractivity contribution in [1.29, 1.82) is 0 Å². The Hall–Kier alpha value is -4.29. The van der Waals surface area contributed by atoms with E-state index in [4.69, 9.17) is 28.4 Å². The molecule has 2 fully saturated rings. The van der Waals surface area contributed by atoms with Crippen molar-refractivity contribution in [3.63, 3.8) is 0 Å². The molecule has 1 aliphatic carbocycles. The Morgan fingerprint density at radius 3 is 2.39 bits per heavy atom. The van der Waals surface area contributed by atoms with Crippen molar-refractivity contribution >= 4 is 34.4 Å². The van der Waals surface area contributed by atoms with E-state index >= 15 is 0 Å². The Kier molecular flexibility index (Phi) is 8.84. The molecule has 6 rings (SSSR count). The van der Waals surface area contributed by atoms with E-state index in [1.807, 2.05) is 12.1 Å². The van der Waals surface area contributed by atoms with E-state index < -0.39 is 30.1 Å². The van der Waals surface area contributed by atoms with Gasteiger partial charge in [0.15, 0.2) is 11.5 Å². The van der Waals surface area contributed by atoms with Crippen LogP contribution in [0.15, 0.2) is 30.3 Å². The largest absolute Gasteiger partial charge is 0.497 e. The molecule has 1 saturated heterocycles. The van der Waals surface area contributed by atoms with Crippen molar-refractivity contribution in [2.75, 3.05) is 54.0 Å². The number of benzene rings is 2. The first-order chi connectivity index (χ1) is 22.2. The maximum absolute atomic E-state index is 13.8. The Labute approximate surface area is 267 Å². The third-order valence-electron chi connectivity index (χ3n) is 9.91. The lowest BCUT2D eigenvalue weighted by molar-refractivity contribution is -0.176. The monoisotopic (exact) mass is 635 g/mol. The van der Waals surface area contributed by atoms with Gasteiger partial charge in [-0.3, -0.25) is 14.5 Å². The van der Waals surface area contributed by atoms with Gasteiger partial charge in [-0.25, -0.2) is 4.79 Å². The third-order valence-corrected chi connectivity index (χ3v) is 9.91. The summed E-state index contributed by atoms with van der Waals surface area (Å²) in [5.74, 6) is -0.637. The minimum absolute atomic E-state index is 0.0517. The van der Waals surface area contributed by atoms with Crippen LogP contribution in [0.5, 0.6) is 17.2 Å². The molecular formula is C34H41N3O9. The lowest BCUT2D eigenvalue weighted by Crippen LogP contribution is -2.58. The van der Waals surface area contributed by atoms with Crippen LogP contribution < -0.4 is 19.5 Å². The highest BCUT2D eigenvalue weighted by Gasteiger charge is 2.54. The molecule has 246 valence electrons. The van der Waals surface area contributed by atoms with Gasteiger partial charge in [0.05, 0.1) is 51.6 Å². The molecule has 1 aromatic heterocycles. The quantitative estimate of drug-likeness (QED) is 0.348. The topological polar surface area (TPSA) is 138 Å². The Morgan fingerprint density at radius 1 is 0.957 bits per heavy atom. The number of aromatic nitrogens is 1. The van der Waals surface area contributed by atoms with Crippen molar-refractivity contribution in [2.45, 2.75) is 44.4 Å². The molecule has 1 amide bonds. The van der Waals surface area contributed by atoms with Crippen LogP contribution in [0.3, 0.4) is 0 Å². The minimum Gasteiger partial charge on any atom is -0.497 e. The number of piperidine rings is 1. The molecule has 46 heavy (non-hydrogen) atoms. The van der Waals surface area contributed by atoms with Gasteiger partial charge in [0.2, 0.25) is 5.91 Å². The van der Waals surface area contributed by atoms with E-state index in [1.165, 1.54) is 64.1 Å². The van der Waals surface area contributed by atoms with Crippen LogP contribution in [0.25, 0.3) is 10.9 Å². The first kappa shape index (κ1) is 31.7. The molecule has 2 aromatic carbocycles. The first-order valence-corrected chi connectivity index (χ1v) is 15.5. The summed E-state index contributed by atoms with van der Waals surface area (Å²) in [6.45, 7) is 2.97. The minimum atomic E-state index is -0.737. The van der Waals surface area contributed by atoms with Gasteiger partial charge < -0.3 is 38.7 Å². The number of anilines is 1. The molecule has 6 atom stereocenters. The Bertz CT molecular complexity index is 1650. The van der Waals surface area contributed by atoms with Crippen LogP contribution in [0, 0.1) is 17.8 Å². The molecular weight excluding hydrogens is 594 g/mol. The van der Waals surface area contributed by atoms with Crippen LogP contribution >= 0.6 is 0 Å². The SMILES string of the molecule is COC(=O)[C@H]1[C@H]2C[C@@H]3c4[nH]c5cc(OC)ccc5c4CCN3C[C@H]2C[C@@H](OC(=O)c2cc(OC)c(OC)cc2NC(C)=O)[C@@H]1OC. The molecule has 0 radical (unpaired) electrons. The summed E-state index contributed by atoms with van der Waals surface area (Å²) < 4.78 is 33.7. The van der Waals surface area contributed by atoms with Crippen molar-refractivity contribution < 1.29 is 42.8 Å². The number of carbonyl (C=O) groups is 3. The van der Waals surface area contributed by atoms with Gasteiger partial charge in [0.25, 0.3) is 0 Å². The number of nitrogens with zero attached hydrogens (tertiary/aromatic N) is 1. The molecule has 1 saturated carbocycles. The number of ether oxygens (including phenoxy) is 6. The molecule has 3 aromatic rings. The van der Waals surface area contributed by atoms with Crippen LogP contribution in [0.1, 0.15) is 47.4 Å². The molecule has 2 aliphatic heterocycles. The second kappa shape index (κ2) is 12.8. The van der Waals surface area contributed by atoms with Gasteiger partial charge in [0, 0.05) is 61.9 Å². The number of hydrogen-bond donors (Lipinski definition) is 2. The number of methoxy groups -OCH3 is 5. The number of carbonyl (C=O) groups excluding carboxylic acids is 3.